The molecule has 5 heteroatoms. The highest BCUT2D eigenvalue weighted by molar-refractivity contribution is 5.76. The minimum Gasteiger partial charge on any atom is -0.491 e. The highest BCUT2D eigenvalue weighted by atomic mass is 19.1. The summed E-state index contributed by atoms with van der Waals surface area (Å²) < 4.78 is 18.7. The van der Waals surface area contributed by atoms with E-state index in [4.69, 9.17) is 4.74 Å². The van der Waals surface area contributed by atoms with Crippen LogP contribution in [0.1, 0.15) is 38.5 Å². The molecule has 4 nitrogen and oxygen atoms in total. The van der Waals surface area contributed by atoms with Gasteiger partial charge in [-0.3, -0.25) is 4.79 Å². The summed E-state index contributed by atoms with van der Waals surface area (Å²) >= 11 is 0. The van der Waals surface area contributed by atoms with Gasteiger partial charge in [0, 0.05) is 25.0 Å². The first-order valence-corrected chi connectivity index (χ1v) is 7.98. The molecule has 122 valence electrons. The molecule has 1 saturated carbocycles. The summed E-state index contributed by atoms with van der Waals surface area (Å²) in [5.74, 6) is -0.0228. The monoisotopic (exact) mass is 309 g/mol. The Balaban J connectivity index is 1.66. The van der Waals surface area contributed by atoms with Gasteiger partial charge in [-0.25, -0.2) is 4.39 Å². The Bertz CT molecular complexity index is 481. The lowest BCUT2D eigenvalue weighted by molar-refractivity contribution is -0.122. The third-order valence-electron chi connectivity index (χ3n) is 4.13. The average molecular weight is 309 g/mol. The number of amides is 1. The Morgan fingerprint density at radius 3 is 2.86 bits per heavy atom. The van der Waals surface area contributed by atoms with Crippen LogP contribution < -0.4 is 10.1 Å². The molecule has 1 fully saturated rings. The van der Waals surface area contributed by atoms with Crippen LogP contribution in [0.4, 0.5) is 4.39 Å². The highest BCUT2D eigenvalue weighted by Crippen LogP contribution is 2.24. The largest absolute Gasteiger partial charge is 0.491 e. The molecule has 2 atom stereocenters. The van der Waals surface area contributed by atoms with Crippen molar-refractivity contribution in [2.75, 3.05) is 13.2 Å². The van der Waals surface area contributed by atoms with E-state index in [1.807, 2.05) is 0 Å². The number of benzene rings is 1. The summed E-state index contributed by atoms with van der Waals surface area (Å²) in [5, 5.41) is 12.3. The molecule has 0 aromatic heterocycles. The minimum absolute atomic E-state index is 0.0255. The Morgan fingerprint density at radius 1 is 1.32 bits per heavy atom. The zero-order chi connectivity index (χ0) is 15.8. The second-order valence-corrected chi connectivity index (χ2v) is 5.78. The van der Waals surface area contributed by atoms with E-state index in [1.165, 1.54) is 6.07 Å². The lowest BCUT2D eigenvalue weighted by Gasteiger charge is -2.30. The van der Waals surface area contributed by atoms with Crippen LogP contribution in [0.15, 0.2) is 24.3 Å². The van der Waals surface area contributed by atoms with E-state index in [9.17, 15) is 14.3 Å². The molecule has 0 heterocycles. The molecule has 22 heavy (non-hydrogen) atoms. The second-order valence-electron chi connectivity index (χ2n) is 5.78. The second kappa shape index (κ2) is 8.73. The molecule has 0 saturated heterocycles. The molecule has 2 rings (SSSR count). The summed E-state index contributed by atoms with van der Waals surface area (Å²) in [7, 11) is 0. The van der Waals surface area contributed by atoms with E-state index in [0.29, 0.717) is 19.4 Å². The SMILES string of the molecule is O=C(CCCOc1ccccc1F)NC1CCCCC1CO. The van der Waals surface area contributed by atoms with E-state index < -0.39 is 0 Å². The standard InChI is InChI=1S/C17H24FNO3/c18-14-7-2-4-9-16(14)22-11-5-10-17(21)19-15-8-3-1-6-13(15)12-20/h2,4,7,9,13,15,20H,1,3,5-6,8,10-12H2,(H,19,21). The maximum Gasteiger partial charge on any atom is 0.220 e. The summed E-state index contributed by atoms with van der Waals surface area (Å²) in [4.78, 5) is 11.9. The normalized spacial score (nSPS) is 21.4. The number of carbonyl (C=O) groups is 1. The fourth-order valence-electron chi connectivity index (χ4n) is 2.87. The number of para-hydroxylation sites is 1. The molecule has 1 aromatic carbocycles. The fraction of sp³-hybridized carbons (Fsp3) is 0.588. The molecule has 0 aliphatic heterocycles. The van der Waals surface area contributed by atoms with Gasteiger partial charge in [0.1, 0.15) is 0 Å². The number of ether oxygens (including phenoxy) is 1. The number of nitrogens with one attached hydrogen (secondary N) is 1. The molecule has 2 unspecified atom stereocenters. The van der Waals surface area contributed by atoms with Crippen LogP contribution in [0, 0.1) is 11.7 Å². The zero-order valence-electron chi connectivity index (χ0n) is 12.8. The predicted molar refractivity (Wildman–Crippen MR) is 82.1 cm³/mol. The molecule has 1 aliphatic rings. The molecule has 2 N–H and O–H groups in total. The van der Waals surface area contributed by atoms with E-state index >= 15 is 0 Å². The lowest BCUT2D eigenvalue weighted by Crippen LogP contribution is -2.43. The number of hydrogen-bond acceptors (Lipinski definition) is 3. The molecule has 1 aliphatic carbocycles. The number of aliphatic hydroxyl groups is 1. The van der Waals surface area contributed by atoms with Crippen molar-refractivity contribution in [3.63, 3.8) is 0 Å². The number of carbonyl (C=O) groups excluding carboxylic acids is 1. The quantitative estimate of drug-likeness (QED) is 0.761. The van der Waals surface area contributed by atoms with Crippen LogP contribution in [0.5, 0.6) is 5.75 Å². The van der Waals surface area contributed by atoms with Gasteiger partial charge in [-0.15, -0.1) is 0 Å². The van der Waals surface area contributed by atoms with Gasteiger partial charge in [0.2, 0.25) is 5.91 Å². The van der Waals surface area contributed by atoms with E-state index in [-0.39, 0.29) is 36.0 Å². The Hall–Kier alpha value is -1.62. The lowest BCUT2D eigenvalue weighted by atomic mass is 9.85. The van der Waals surface area contributed by atoms with Crippen molar-refractivity contribution in [3.8, 4) is 5.75 Å². The fourth-order valence-corrected chi connectivity index (χ4v) is 2.87. The van der Waals surface area contributed by atoms with Gasteiger partial charge in [0.05, 0.1) is 6.61 Å². The van der Waals surface area contributed by atoms with Crippen molar-refractivity contribution in [2.45, 2.75) is 44.6 Å². The van der Waals surface area contributed by atoms with Crippen molar-refractivity contribution >= 4 is 5.91 Å². The molecule has 0 spiro atoms. The van der Waals surface area contributed by atoms with Crippen LogP contribution in [0.3, 0.4) is 0 Å². The van der Waals surface area contributed by atoms with Gasteiger partial charge in [0.15, 0.2) is 11.6 Å². The Labute approximate surface area is 130 Å². The predicted octanol–water partition coefficient (Wildman–Crippen LogP) is 2.65. The van der Waals surface area contributed by atoms with Crippen LogP contribution in [0.25, 0.3) is 0 Å². The first kappa shape index (κ1) is 16.7. The smallest absolute Gasteiger partial charge is 0.220 e. The van der Waals surface area contributed by atoms with Crippen LogP contribution >= 0.6 is 0 Å². The van der Waals surface area contributed by atoms with E-state index in [0.717, 1.165) is 25.7 Å². The van der Waals surface area contributed by atoms with Crippen molar-refractivity contribution in [2.24, 2.45) is 5.92 Å². The zero-order valence-corrected chi connectivity index (χ0v) is 12.8. The van der Waals surface area contributed by atoms with E-state index in [2.05, 4.69) is 5.32 Å². The summed E-state index contributed by atoms with van der Waals surface area (Å²) in [6.45, 7) is 0.434. The maximum atomic E-state index is 13.3. The number of aliphatic hydroxyl groups excluding tert-OH is 1. The Morgan fingerprint density at radius 2 is 2.09 bits per heavy atom. The molecular formula is C17H24FNO3. The van der Waals surface area contributed by atoms with Crippen molar-refractivity contribution in [1.29, 1.82) is 0 Å². The van der Waals surface area contributed by atoms with Crippen molar-refractivity contribution < 1.29 is 19.0 Å². The van der Waals surface area contributed by atoms with Crippen LogP contribution in [0.2, 0.25) is 0 Å². The first-order valence-electron chi connectivity index (χ1n) is 7.98. The molecule has 0 bridgehead atoms. The topological polar surface area (TPSA) is 58.6 Å². The molecule has 1 amide bonds. The third-order valence-corrected chi connectivity index (χ3v) is 4.13. The molecule has 0 radical (unpaired) electrons. The van der Waals surface area contributed by atoms with Crippen molar-refractivity contribution in [1.82, 2.24) is 5.32 Å². The van der Waals surface area contributed by atoms with Gasteiger partial charge < -0.3 is 15.2 Å². The molecular weight excluding hydrogens is 285 g/mol. The van der Waals surface area contributed by atoms with Crippen LogP contribution in [-0.4, -0.2) is 30.3 Å². The van der Waals surface area contributed by atoms with E-state index in [1.54, 1.807) is 18.2 Å². The third kappa shape index (κ3) is 4.98. The number of hydrogen-bond donors (Lipinski definition) is 2. The van der Waals surface area contributed by atoms with Gasteiger partial charge in [0.25, 0.3) is 0 Å². The average Bonchev–Trinajstić information content (AvgIpc) is 2.53. The van der Waals surface area contributed by atoms with Gasteiger partial charge >= 0.3 is 0 Å². The van der Waals surface area contributed by atoms with Gasteiger partial charge in [-0.2, -0.15) is 0 Å². The first-order chi connectivity index (χ1) is 10.7. The minimum atomic E-state index is -0.389. The summed E-state index contributed by atoms with van der Waals surface area (Å²) in [6, 6.07) is 6.32. The van der Waals surface area contributed by atoms with Crippen LogP contribution in [-0.2, 0) is 4.79 Å². The maximum absolute atomic E-state index is 13.3. The number of halogens is 1. The Kier molecular flexibility index (Phi) is 6.65. The highest BCUT2D eigenvalue weighted by Gasteiger charge is 2.25. The van der Waals surface area contributed by atoms with Gasteiger partial charge in [-0.1, -0.05) is 25.0 Å². The van der Waals surface area contributed by atoms with Gasteiger partial charge in [-0.05, 0) is 31.4 Å². The summed E-state index contributed by atoms with van der Waals surface area (Å²) in [5.41, 5.74) is 0. The number of rotatable bonds is 7. The summed E-state index contributed by atoms with van der Waals surface area (Å²) in [6.07, 6.45) is 5.01. The molecule has 1 aromatic rings. The van der Waals surface area contributed by atoms with Crippen molar-refractivity contribution in [3.05, 3.63) is 30.1 Å².